The molecule has 0 N–H and O–H groups in total. The molecule has 7 nitrogen and oxygen atoms in total. The number of hydrogen-bond donors (Lipinski definition) is 0. The molecule has 3 heterocycles. The van der Waals surface area contributed by atoms with Crippen LogP contribution in [0.5, 0.6) is 0 Å². The molecule has 2 aromatic carbocycles. The summed E-state index contributed by atoms with van der Waals surface area (Å²) in [5.41, 5.74) is 4.07. The summed E-state index contributed by atoms with van der Waals surface area (Å²) >= 11 is 0. The molecule has 0 saturated carbocycles. The third kappa shape index (κ3) is 2.79. The lowest BCUT2D eigenvalue weighted by molar-refractivity contribution is 0.880. The number of imidazole rings is 1. The van der Waals surface area contributed by atoms with Crippen LogP contribution in [-0.2, 0) is 7.05 Å². The molecule has 136 valence electrons. The first-order valence-corrected chi connectivity index (χ1v) is 8.88. The predicted molar refractivity (Wildman–Crippen MR) is 106 cm³/mol. The summed E-state index contributed by atoms with van der Waals surface area (Å²) in [6.45, 7) is 0. The Labute approximate surface area is 161 Å². The lowest BCUT2D eigenvalue weighted by Crippen LogP contribution is -1.99. The van der Waals surface area contributed by atoms with Crippen LogP contribution in [0.4, 0.5) is 0 Å². The van der Waals surface area contributed by atoms with Gasteiger partial charge in [0.25, 0.3) is 0 Å². The number of rotatable bonds is 4. The minimum atomic E-state index is 0.837. The van der Waals surface area contributed by atoms with Crippen LogP contribution in [-0.4, -0.2) is 34.1 Å². The lowest BCUT2D eigenvalue weighted by atomic mass is 10.1. The minimum absolute atomic E-state index is 0.837. The second kappa shape index (κ2) is 6.62. The third-order valence-corrected chi connectivity index (χ3v) is 4.63. The fraction of sp³-hybridized carbons (Fsp3) is 0.0476. The summed E-state index contributed by atoms with van der Waals surface area (Å²) in [6.07, 6.45) is 9.17. The smallest absolute Gasteiger partial charge is 0.163 e. The lowest BCUT2D eigenvalue weighted by Gasteiger charge is -2.10. The van der Waals surface area contributed by atoms with Crippen LogP contribution in [0.2, 0.25) is 0 Å². The van der Waals surface area contributed by atoms with Crippen LogP contribution in [0.1, 0.15) is 0 Å². The molecule has 0 fully saturated rings. The summed E-state index contributed by atoms with van der Waals surface area (Å²) in [5, 5.41) is 12.4. The van der Waals surface area contributed by atoms with E-state index in [1.807, 2.05) is 65.2 Å². The van der Waals surface area contributed by atoms with Gasteiger partial charge in [-0.15, -0.1) is 10.2 Å². The quantitative estimate of drug-likeness (QED) is 0.487. The molecular weight excluding hydrogens is 350 g/mol. The molecule has 5 rings (SSSR count). The number of nitrogens with zero attached hydrogens (tertiary/aromatic N) is 7. The van der Waals surface area contributed by atoms with Crippen LogP contribution in [0, 0.1) is 0 Å². The zero-order valence-corrected chi connectivity index (χ0v) is 15.2. The second-order valence-corrected chi connectivity index (χ2v) is 6.43. The summed E-state index contributed by atoms with van der Waals surface area (Å²) in [7, 11) is 1.93. The molecule has 0 aliphatic carbocycles. The van der Waals surface area contributed by atoms with E-state index in [1.165, 1.54) is 0 Å². The molecule has 0 aliphatic heterocycles. The van der Waals surface area contributed by atoms with Crippen LogP contribution < -0.4 is 0 Å². The van der Waals surface area contributed by atoms with Gasteiger partial charge in [0.2, 0.25) is 0 Å². The van der Waals surface area contributed by atoms with E-state index in [2.05, 4.69) is 49.1 Å². The molecule has 5 aromatic rings. The Hall–Kier alpha value is -4.00. The molecule has 7 heteroatoms. The van der Waals surface area contributed by atoms with Crippen molar-refractivity contribution in [3.8, 4) is 34.2 Å². The predicted octanol–water partition coefficient (Wildman–Crippen LogP) is 3.52. The monoisotopic (exact) mass is 367 g/mol. The molecule has 0 bridgehead atoms. The first-order chi connectivity index (χ1) is 13.8. The number of aryl methyl sites for hydroxylation is 1. The van der Waals surface area contributed by atoms with Crippen LogP contribution >= 0.6 is 0 Å². The maximum absolute atomic E-state index is 4.58. The van der Waals surface area contributed by atoms with Gasteiger partial charge in [-0.05, 0) is 42.5 Å². The van der Waals surface area contributed by atoms with E-state index in [0.29, 0.717) is 0 Å². The molecule has 0 saturated heterocycles. The first kappa shape index (κ1) is 16.2. The maximum atomic E-state index is 4.58. The Kier molecular flexibility index (Phi) is 3.83. The maximum Gasteiger partial charge on any atom is 0.163 e. The highest BCUT2D eigenvalue weighted by Gasteiger charge is 2.10. The average Bonchev–Trinajstić information content (AvgIpc) is 3.50. The highest BCUT2D eigenvalue weighted by Crippen LogP contribution is 2.25. The average molecular weight is 367 g/mol. The number of hydrogen-bond acceptors (Lipinski definition) is 4. The Morgan fingerprint density at radius 2 is 1.68 bits per heavy atom. The van der Waals surface area contributed by atoms with Gasteiger partial charge in [-0.25, -0.2) is 9.67 Å². The SMILES string of the molecule is Cn1cnnc1-c1ccc(-n2ccnc2-c2cccc(-n3cccn3)c2)cc1. The van der Waals surface area contributed by atoms with Gasteiger partial charge < -0.3 is 4.57 Å². The summed E-state index contributed by atoms with van der Waals surface area (Å²) in [4.78, 5) is 4.58. The van der Waals surface area contributed by atoms with Crippen LogP contribution in [0.15, 0.2) is 85.7 Å². The van der Waals surface area contributed by atoms with Crippen molar-refractivity contribution in [1.29, 1.82) is 0 Å². The van der Waals surface area contributed by atoms with E-state index in [0.717, 1.165) is 34.2 Å². The van der Waals surface area contributed by atoms with Gasteiger partial charge in [0.05, 0.1) is 5.69 Å². The topological polar surface area (TPSA) is 66.3 Å². The van der Waals surface area contributed by atoms with Gasteiger partial charge in [0.15, 0.2) is 5.82 Å². The Bertz CT molecular complexity index is 1210. The standard InChI is InChI=1S/C21H17N7/c1-26-15-23-25-21(26)16-6-8-18(9-7-16)27-13-11-22-20(27)17-4-2-5-19(14-17)28-12-3-10-24-28/h2-15H,1H3. The minimum Gasteiger partial charge on any atom is -0.317 e. The van der Waals surface area contributed by atoms with Crippen molar-refractivity contribution in [3.63, 3.8) is 0 Å². The van der Waals surface area contributed by atoms with E-state index in [1.54, 1.807) is 12.5 Å². The van der Waals surface area contributed by atoms with E-state index in [-0.39, 0.29) is 0 Å². The molecule has 0 aliphatic rings. The molecular formula is C21H17N7. The van der Waals surface area contributed by atoms with E-state index in [4.69, 9.17) is 0 Å². The highest BCUT2D eigenvalue weighted by atomic mass is 15.3. The van der Waals surface area contributed by atoms with Crippen LogP contribution in [0.25, 0.3) is 34.2 Å². The fourth-order valence-electron chi connectivity index (χ4n) is 3.25. The Morgan fingerprint density at radius 1 is 0.786 bits per heavy atom. The normalized spacial score (nSPS) is 11.0. The highest BCUT2D eigenvalue weighted by molar-refractivity contribution is 5.63. The summed E-state index contributed by atoms with van der Waals surface area (Å²) < 4.78 is 5.81. The van der Waals surface area contributed by atoms with Gasteiger partial charge in [0, 0.05) is 48.6 Å². The molecule has 0 amide bonds. The molecule has 3 aromatic heterocycles. The number of aromatic nitrogens is 7. The van der Waals surface area contributed by atoms with Gasteiger partial charge in [-0.2, -0.15) is 5.10 Å². The van der Waals surface area contributed by atoms with E-state index >= 15 is 0 Å². The zero-order chi connectivity index (χ0) is 18.9. The van der Waals surface area contributed by atoms with E-state index in [9.17, 15) is 0 Å². The Balaban J connectivity index is 1.52. The zero-order valence-electron chi connectivity index (χ0n) is 15.2. The third-order valence-electron chi connectivity index (χ3n) is 4.63. The van der Waals surface area contributed by atoms with Crippen LogP contribution in [0.3, 0.4) is 0 Å². The largest absolute Gasteiger partial charge is 0.317 e. The fourth-order valence-corrected chi connectivity index (χ4v) is 3.25. The van der Waals surface area contributed by atoms with Crippen molar-refractivity contribution in [3.05, 3.63) is 85.7 Å². The Morgan fingerprint density at radius 3 is 2.43 bits per heavy atom. The molecule has 28 heavy (non-hydrogen) atoms. The second-order valence-electron chi connectivity index (χ2n) is 6.43. The first-order valence-electron chi connectivity index (χ1n) is 8.88. The van der Waals surface area contributed by atoms with E-state index < -0.39 is 0 Å². The van der Waals surface area contributed by atoms with Crippen molar-refractivity contribution in [2.24, 2.45) is 7.05 Å². The van der Waals surface area contributed by atoms with Crippen molar-refractivity contribution in [2.75, 3.05) is 0 Å². The summed E-state index contributed by atoms with van der Waals surface area (Å²) in [6, 6.07) is 18.3. The molecule has 0 atom stereocenters. The van der Waals surface area contributed by atoms with Crippen molar-refractivity contribution in [1.82, 2.24) is 34.1 Å². The number of benzene rings is 2. The summed E-state index contributed by atoms with van der Waals surface area (Å²) in [5.74, 6) is 1.71. The van der Waals surface area contributed by atoms with Crippen molar-refractivity contribution >= 4 is 0 Å². The molecule has 0 spiro atoms. The van der Waals surface area contributed by atoms with Gasteiger partial charge >= 0.3 is 0 Å². The van der Waals surface area contributed by atoms with Gasteiger partial charge in [-0.3, -0.25) is 4.57 Å². The van der Waals surface area contributed by atoms with Crippen molar-refractivity contribution in [2.45, 2.75) is 0 Å². The molecule has 0 radical (unpaired) electrons. The molecule has 0 unspecified atom stereocenters. The van der Waals surface area contributed by atoms with Crippen molar-refractivity contribution < 1.29 is 0 Å². The van der Waals surface area contributed by atoms with Gasteiger partial charge in [-0.1, -0.05) is 12.1 Å². The van der Waals surface area contributed by atoms with Gasteiger partial charge in [0.1, 0.15) is 12.2 Å².